The average Bonchev–Trinajstić information content (AvgIpc) is 1.81. The van der Waals surface area contributed by atoms with Gasteiger partial charge in [0.05, 0.1) is 5.92 Å². The second kappa shape index (κ2) is 4.69. The van der Waals surface area contributed by atoms with Gasteiger partial charge in [-0.2, -0.15) is 0 Å². The number of carbonyl (C=O) groups is 2. The van der Waals surface area contributed by atoms with E-state index in [2.05, 4.69) is 0 Å². The minimum absolute atomic E-state index is 0.304. The Hall–Kier alpha value is -1.26. The third-order valence-corrected chi connectivity index (χ3v) is 1.88. The molecular weight excluding hydrogens is 174 g/mol. The summed E-state index contributed by atoms with van der Waals surface area (Å²) in [5, 5.41) is 10.1. The predicted octanol–water partition coefficient (Wildman–Crippen LogP) is 0.693. The van der Waals surface area contributed by atoms with Crippen LogP contribution in [0.3, 0.4) is 0 Å². The van der Waals surface area contributed by atoms with Crippen molar-refractivity contribution in [1.82, 2.24) is 0 Å². The van der Waals surface area contributed by atoms with Crippen LogP contribution in [-0.4, -0.2) is 23.0 Å². The summed E-state index contributed by atoms with van der Waals surface area (Å²) in [6.07, 6.45) is 0. The van der Waals surface area contributed by atoms with Crippen molar-refractivity contribution in [2.75, 3.05) is 6.54 Å². The summed E-state index contributed by atoms with van der Waals surface area (Å²) in [4.78, 5) is 31.6. The fourth-order valence-corrected chi connectivity index (χ4v) is 1.43. The lowest BCUT2D eigenvalue weighted by Gasteiger charge is -2.14. The molecule has 1 atom stereocenters. The predicted molar refractivity (Wildman–Crippen MR) is 45.9 cm³/mol. The molecule has 5 nitrogen and oxygen atoms in total. The van der Waals surface area contributed by atoms with Crippen molar-refractivity contribution in [2.24, 2.45) is 11.8 Å². The van der Waals surface area contributed by atoms with E-state index in [9.17, 15) is 19.7 Å². The molecule has 0 saturated carbocycles. The minimum Gasteiger partial charge on any atom is -0.299 e. The zero-order chi connectivity index (χ0) is 10.6. The van der Waals surface area contributed by atoms with E-state index < -0.39 is 16.8 Å². The van der Waals surface area contributed by atoms with Crippen LogP contribution in [0.5, 0.6) is 0 Å². The Morgan fingerprint density at radius 2 is 1.69 bits per heavy atom. The standard InChI is InChI=1S/C8H13NO4/c1-5(4-9(12)13)8(6(2)10)7(3)11/h5,8H,4H2,1-3H3/t5-/m0/s1. The quantitative estimate of drug-likeness (QED) is 0.360. The van der Waals surface area contributed by atoms with Crippen LogP contribution in [0.15, 0.2) is 0 Å². The van der Waals surface area contributed by atoms with Crippen LogP contribution in [0.4, 0.5) is 0 Å². The molecule has 0 aliphatic heterocycles. The van der Waals surface area contributed by atoms with Gasteiger partial charge in [-0.15, -0.1) is 0 Å². The number of rotatable bonds is 5. The normalized spacial score (nSPS) is 12.6. The molecule has 0 amide bonds. The first-order chi connectivity index (χ1) is 5.86. The monoisotopic (exact) mass is 187 g/mol. The summed E-state index contributed by atoms with van der Waals surface area (Å²) < 4.78 is 0. The first-order valence-electron chi connectivity index (χ1n) is 3.99. The molecule has 0 rings (SSSR count). The highest BCUT2D eigenvalue weighted by Gasteiger charge is 2.29. The molecule has 0 aromatic heterocycles. The average molecular weight is 187 g/mol. The summed E-state index contributed by atoms with van der Waals surface area (Å²) >= 11 is 0. The Morgan fingerprint density at radius 3 is 1.92 bits per heavy atom. The zero-order valence-electron chi connectivity index (χ0n) is 7.94. The molecule has 0 heterocycles. The third-order valence-electron chi connectivity index (χ3n) is 1.88. The summed E-state index contributed by atoms with van der Waals surface area (Å²) in [6, 6.07) is 0. The van der Waals surface area contributed by atoms with Crippen LogP contribution in [0.25, 0.3) is 0 Å². The van der Waals surface area contributed by atoms with E-state index in [4.69, 9.17) is 0 Å². The number of nitrogens with zero attached hydrogens (tertiary/aromatic N) is 1. The van der Waals surface area contributed by atoms with E-state index in [-0.39, 0.29) is 18.1 Å². The van der Waals surface area contributed by atoms with Gasteiger partial charge in [0.25, 0.3) is 0 Å². The van der Waals surface area contributed by atoms with E-state index >= 15 is 0 Å². The number of hydrogen-bond acceptors (Lipinski definition) is 4. The van der Waals surface area contributed by atoms with Crippen LogP contribution in [-0.2, 0) is 9.59 Å². The molecule has 0 aromatic rings. The highest BCUT2D eigenvalue weighted by atomic mass is 16.6. The molecule has 0 unspecified atom stereocenters. The molecule has 74 valence electrons. The first kappa shape index (κ1) is 11.7. The van der Waals surface area contributed by atoms with Crippen molar-refractivity contribution in [3.8, 4) is 0 Å². The van der Waals surface area contributed by atoms with Gasteiger partial charge < -0.3 is 0 Å². The topological polar surface area (TPSA) is 77.3 Å². The van der Waals surface area contributed by atoms with E-state index in [1.807, 2.05) is 0 Å². The lowest BCUT2D eigenvalue weighted by Crippen LogP contribution is -2.30. The molecule has 0 bridgehead atoms. The summed E-state index contributed by atoms with van der Waals surface area (Å²) in [5.41, 5.74) is 0. The smallest absolute Gasteiger partial charge is 0.207 e. The van der Waals surface area contributed by atoms with Gasteiger partial charge in [-0.3, -0.25) is 19.7 Å². The molecule has 0 N–H and O–H groups in total. The van der Waals surface area contributed by atoms with Crippen molar-refractivity contribution in [2.45, 2.75) is 20.8 Å². The van der Waals surface area contributed by atoms with Crippen molar-refractivity contribution < 1.29 is 14.5 Å². The fourth-order valence-electron chi connectivity index (χ4n) is 1.43. The van der Waals surface area contributed by atoms with Gasteiger partial charge in [-0.05, 0) is 13.8 Å². The Kier molecular flexibility index (Phi) is 4.23. The fraction of sp³-hybridized carbons (Fsp3) is 0.750. The summed E-state index contributed by atoms with van der Waals surface area (Å²) in [7, 11) is 0. The van der Waals surface area contributed by atoms with Gasteiger partial charge in [0, 0.05) is 10.8 Å². The lowest BCUT2D eigenvalue weighted by atomic mass is 9.87. The lowest BCUT2D eigenvalue weighted by molar-refractivity contribution is -0.488. The van der Waals surface area contributed by atoms with Gasteiger partial charge >= 0.3 is 0 Å². The molecule has 13 heavy (non-hydrogen) atoms. The molecular formula is C8H13NO4. The largest absolute Gasteiger partial charge is 0.299 e. The van der Waals surface area contributed by atoms with Crippen molar-refractivity contribution in [3.05, 3.63) is 10.1 Å². The van der Waals surface area contributed by atoms with Crippen molar-refractivity contribution in [1.29, 1.82) is 0 Å². The molecule has 0 spiro atoms. The van der Waals surface area contributed by atoms with Gasteiger partial charge in [-0.25, -0.2) is 0 Å². The van der Waals surface area contributed by atoms with E-state index in [0.717, 1.165) is 0 Å². The van der Waals surface area contributed by atoms with Crippen LogP contribution in [0.1, 0.15) is 20.8 Å². The van der Waals surface area contributed by atoms with Crippen molar-refractivity contribution in [3.63, 3.8) is 0 Å². The third kappa shape index (κ3) is 3.78. The number of hydrogen-bond donors (Lipinski definition) is 0. The highest BCUT2D eigenvalue weighted by Crippen LogP contribution is 2.14. The molecule has 0 aliphatic carbocycles. The van der Waals surface area contributed by atoms with E-state index in [1.165, 1.54) is 20.8 Å². The minimum atomic E-state index is -0.828. The number of nitro groups is 1. The van der Waals surface area contributed by atoms with Crippen LogP contribution in [0, 0.1) is 22.0 Å². The maximum atomic E-state index is 11.0. The van der Waals surface area contributed by atoms with Crippen LogP contribution < -0.4 is 0 Å². The van der Waals surface area contributed by atoms with E-state index in [0.29, 0.717) is 0 Å². The summed E-state index contributed by atoms with van der Waals surface area (Å²) in [6.45, 7) is 3.76. The Bertz CT molecular complexity index is 222. The SMILES string of the molecule is CC(=O)C(C(C)=O)[C@@H](C)C[N+](=O)[O-]. The molecule has 0 radical (unpaired) electrons. The molecule has 0 fully saturated rings. The van der Waals surface area contributed by atoms with Gasteiger partial charge in [-0.1, -0.05) is 6.92 Å². The van der Waals surface area contributed by atoms with Crippen molar-refractivity contribution >= 4 is 11.6 Å². The Balaban J connectivity index is 4.46. The molecule has 0 aromatic carbocycles. The summed E-state index contributed by atoms with van der Waals surface area (Å²) in [5.74, 6) is -1.96. The first-order valence-corrected chi connectivity index (χ1v) is 3.99. The second-order valence-electron chi connectivity index (χ2n) is 3.19. The van der Waals surface area contributed by atoms with Gasteiger partial charge in [0.1, 0.15) is 11.6 Å². The van der Waals surface area contributed by atoms with Gasteiger partial charge in [0.15, 0.2) is 0 Å². The number of ketones is 2. The highest BCUT2D eigenvalue weighted by molar-refractivity contribution is 6.00. The van der Waals surface area contributed by atoms with Crippen LogP contribution >= 0.6 is 0 Å². The second-order valence-corrected chi connectivity index (χ2v) is 3.19. The Morgan fingerprint density at radius 1 is 1.31 bits per heavy atom. The maximum Gasteiger partial charge on any atom is 0.207 e. The maximum absolute atomic E-state index is 11.0. The molecule has 0 aliphatic rings. The number of Topliss-reactive ketones (excluding diaryl/α,β-unsaturated/α-hetero) is 2. The molecule has 5 heteroatoms. The number of carbonyl (C=O) groups excluding carboxylic acids is 2. The van der Waals surface area contributed by atoms with Gasteiger partial charge in [0.2, 0.25) is 6.54 Å². The van der Waals surface area contributed by atoms with Crippen LogP contribution in [0.2, 0.25) is 0 Å². The Labute approximate surface area is 76.3 Å². The van der Waals surface area contributed by atoms with E-state index in [1.54, 1.807) is 0 Å². The zero-order valence-corrected chi connectivity index (χ0v) is 7.94. The molecule has 0 saturated heterocycles.